The standard InChI is InChI=1S/C8H12N2O4/c1-4-3-6(14-10-4)7(11)9-5(2)8(12)13/h5-6H,3H2,1-2H3,(H,9,11)(H,12,13)/t5-,6?/m0/s1. The zero-order chi connectivity index (χ0) is 10.7. The first-order chi connectivity index (χ1) is 6.50. The summed E-state index contributed by atoms with van der Waals surface area (Å²) in [6, 6.07) is -0.910. The highest BCUT2D eigenvalue weighted by atomic mass is 16.6. The Morgan fingerprint density at radius 1 is 1.71 bits per heavy atom. The van der Waals surface area contributed by atoms with Crippen LogP contribution in [0.4, 0.5) is 0 Å². The van der Waals surface area contributed by atoms with Crippen LogP contribution in [0.25, 0.3) is 0 Å². The average molecular weight is 200 g/mol. The van der Waals surface area contributed by atoms with Crippen molar-refractivity contribution in [3.63, 3.8) is 0 Å². The van der Waals surface area contributed by atoms with Crippen molar-refractivity contribution in [2.45, 2.75) is 32.4 Å². The van der Waals surface area contributed by atoms with Gasteiger partial charge in [0.05, 0.1) is 5.71 Å². The third-order valence-corrected chi connectivity index (χ3v) is 1.84. The Bertz CT molecular complexity index is 287. The van der Waals surface area contributed by atoms with Gasteiger partial charge >= 0.3 is 5.97 Å². The highest BCUT2D eigenvalue weighted by Crippen LogP contribution is 2.09. The van der Waals surface area contributed by atoms with Crippen LogP contribution >= 0.6 is 0 Å². The van der Waals surface area contributed by atoms with Crippen molar-refractivity contribution < 1.29 is 19.5 Å². The number of oxime groups is 1. The van der Waals surface area contributed by atoms with Crippen molar-refractivity contribution in [1.29, 1.82) is 0 Å². The summed E-state index contributed by atoms with van der Waals surface area (Å²) < 4.78 is 0. The van der Waals surface area contributed by atoms with E-state index in [1.54, 1.807) is 6.92 Å². The van der Waals surface area contributed by atoms with E-state index < -0.39 is 24.0 Å². The maximum absolute atomic E-state index is 11.3. The number of hydrogen-bond acceptors (Lipinski definition) is 4. The van der Waals surface area contributed by atoms with Crippen LogP contribution in [-0.4, -0.2) is 34.8 Å². The van der Waals surface area contributed by atoms with Gasteiger partial charge in [0.25, 0.3) is 5.91 Å². The van der Waals surface area contributed by atoms with Crippen molar-refractivity contribution in [2.75, 3.05) is 0 Å². The first kappa shape index (κ1) is 10.5. The number of aliphatic carboxylic acids is 1. The van der Waals surface area contributed by atoms with Crippen molar-refractivity contribution in [2.24, 2.45) is 5.16 Å². The number of carboxylic acids is 1. The second-order valence-electron chi connectivity index (χ2n) is 3.19. The monoisotopic (exact) mass is 200 g/mol. The molecule has 1 amide bonds. The second-order valence-corrected chi connectivity index (χ2v) is 3.19. The molecule has 6 nitrogen and oxygen atoms in total. The first-order valence-electron chi connectivity index (χ1n) is 4.23. The molecule has 0 saturated heterocycles. The van der Waals surface area contributed by atoms with Crippen LogP contribution < -0.4 is 5.32 Å². The summed E-state index contributed by atoms with van der Waals surface area (Å²) in [5.74, 6) is -1.52. The highest BCUT2D eigenvalue weighted by molar-refractivity contribution is 5.93. The second kappa shape index (κ2) is 4.08. The van der Waals surface area contributed by atoms with Crippen LogP contribution in [0.15, 0.2) is 5.16 Å². The van der Waals surface area contributed by atoms with Gasteiger partial charge < -0.3 is 15.3 Å². The molecule has 0 radical (unpaired) electrons. The number of carbonyl (C=O) groups is 2. The Labute approximate surface area is 80.9 Å². The summed E-state index contributed by atoms with van der Waals surface area (Å²) in [7, 11) is 0. The first-order valence-corrected chi connectivity index (χ1v) is 4.23. The highest BCUT2D eigenvalue weighted by Gasteiger charge is 2.28. The minimum Gasteiger partial charge on any atom is -0.480 e. The SMILES string of the molecule is CC1=NOC(C(=O)N[C@@H](C)C(=O)O)C1. The summed E-state index contributed by atoms with van der Waals surface area (Å²) in [6.07, 6.45) is -0.269. The number of rotatable bonds is 3. The minimum atomic E-state index is -1.08. The van der Waals surface area contributed by atoms with E-state index in [2.05, 4.69) is 10.5 Å². The topological polar surface area (TPSA) is 88.0 Å². The molecule has 1 rings (SSSR count). The number of hydrogen-bond donors (Lipinski definition) is 2. The van der Waals surface area contributed by atoms with E-state index >= 15 is 0 Å². The maximum atomic E-state index is 11.3. The number of nitrogens with one attached hydrogen (secondary N) is 1. The van der Waals surface area contributed by atoms with Gasteiger partial charge in [0.2, 0.25) is 6.10 Å². The molecule has 2 N–H and O–H groups in total. The number of carbonyl (C=O) groups excluding carboxylic acids is 1. The van der Waals surface area contributed by atoms with E-state index in [4.69, 9.17) is 9.94 Å². The van der Waals surface area contributed by atoms with E-state index in [1.165, 1.54) is 6.92 Å². The van der Waals surface area contributed by atoms with Crippen molar-refractivity contribution in [3.8, 4) is 0 Å². The fraction of sp³-hybridized carbons (Fsp3) is 0.625. The maximum Gasteiger partial charge on any atom is 0.325 e. The van der Waals surface area contributed by atoms with Gasteiger partial charge in [-0.15, -0.1) is 0 Å². The Morgan fingerprint density at radius 2 is 2.36 bits per heavy atom. The predicted molar refractivity (Wildman–Crippen MR) is 47.8 cm³/mol. The molecule has 6 heteroatoms. The van der Waals surface area contributed by atoms with Crippen molar-refractivity contribution in [3.05, 3.63) is 0 Å². The molecule has 0 spiro atoms. The molecule has 14 heavy (non-hydrogen) atoms. The van der Waals surface area contributed by atoms with Crippen LogP contribution in [0.2, 0.25) is 0 Å². The largest absolute Gasteiger partial charge is 0.480 e. The van der Waals surface area contributed by atoms with Crippen LogP contribution in [0.5, 0.6) is 0 Å². The normalized spacial score (nSPS) is 22.1. The fourth-order valence-corrected chi connectivity index (χ4v) is 1.01. The van der Waals surface area contributed by atoms with Crippen LogP contribution in [0.3, 0.4) is 0 Å². The number of carboxylic acid groups (broad SMARTS) is 1. The molecule has 1 heterocycles. The van der Waals surface area contributed by atoms with E-state index in [-0.39, 0.29) is 0 Å². The van der Waals surface area contributed by atoms with Gasteiger partial charge in [0.1, 0.15) is 6.04 Å². The Balaban J connectivity index is 2.40. The summed E-state index contributed by atoms with van der Waals surface area (Å²) >= 11 is 0. The van der Waals surface area contributed by atoms with Gasteiger partial charge in [-0.3, -0.25) is 9.59 Å². The average Bonchev–Trinajstić information content (AvgIpc) is 2.51. The lowest BCUT2D eigenvalue weighted by molar-refractivity contribution is -0.143. The van der Waals surface area contributed by atoms with Gasteiger partial charge in [-0.05, 0) is 13.8 Å². The molecule has 0 aliphatic carbocycles. The molecule has 1 aliphatic heterocycles. The molecule has 0 aromatic carbocycles. The summed E-state index contributed by atoms with van der Waals surface area (Å²) in [5, 5.41) is 14.4. The zero-order valence-corrected chi connectivity index (χ0v) is 7.98. The molecule has 0 aromatic heterocycles. The summed E-state index contributed by atoms with van der Waals surface area (Å²) in [6.45, 7) is 3.14. The van der Waals surface area contributed by atoms with Crippen LogP contribution in [0.1, 0.15) is 20.3 Å². The van der Waals surface area contributed by atoms with Crippen molar-refractivity contribution in [1.82, 2.24) is 5.32 Å². The number of amides is 1. The third-order valence-electron chi connectivity index (χ3n) is 1.84. The molecular weight excluding hydrogens is 188 g/mol. The number of nitrogens with zero attached hydrogens (tertiary/aromatic N) is 1. The van der Waals surface area contributed by atoms with Crippen LogP contribution in [0, 0.1) is 0 Å². The van der Waals surface area contributed by atoms with Crippen LogP contribution in [-0.2, 0) is 14.4 Å². The summed E-state index contributed by atoms with van der Waals surface area (Å²) in [4.78, 5) is 26.6. The van der Waals surface area contributed by atoms with E-state index in [0.717, 1.165) is 5.71 Å². The van der Waals surface area contributed by atoms with Crippen molar-refractivity contribution >= 4 is 17.6 Å². The van der Waals surface area contributed by atoms with E-state index in [9.17, 15) is 9.59 Å². The van der Waals surface area contributed by atoms with Gasteiger partial charge in [-0.1, -0.05) is 5.16 Å². The lowest BCUT2D eigenvalue weighted by atomic mass is 10.2. The third kappa shape index (κ3) is 2.45. The van der Waals surface area contributed by atoms with Gasteiger partial charge in [0, 0.05) is 6.42 Å². The van der Waals surface area contributed by atoms with E-state index in [0.29, 0.717) is 6.42 Å². The molecule has 0 fully saturated rings. The molecule has 0 aromatic rings. The van der Waals surface area contributed by atoms with Gasteiger partial charge in [0.15, 0.2) is 0 Å². The molecule has 1 unspecified atom stereocenters. The fourth-order valence-electron chi connectivity index (χ4n) is 1.01. The van der Waals surface area contributed by atoms with Gasteiger partial charge in [-0.25, -0.2) is 0 Å². The smallest absolute Gasteiger partial charge is 0.325 e. The quantitative estimate of drug-likeness (QED) is 0.657. The van der Waals surface area contributed by atoms with Gasteiger partial charge in [-0.2, -0.15) is 0 Å². The zero-order valence-electron chi connectivity index (χ0n) is 7.98. The Kier molecular flexibility index (Phi) is 3.06. The minimum absolute atomic E-state index is 0.415. The molecule has 1 aliphatic rings. The predicted octanol–water partition coefficient (Wildman–Crippen LogP) is -0.260. The molecule has 0 bridgehead atoms. The molecular formula is C8H12N2O4. The Hall–Kier alpha value is -1.59. The summed E-state index contributed by atoms with van der Waals surface area (Å²) in [5.41, 5.74) is 0.730. The lowest BCUT2D eigenvalue weighted by Gasteiger charge is -2.12. The lowest BCUT2D eigenvalue weighted by Crippen LogP contribution is -2.43. The van der Waals surface area contributed by atoms with E-state index in [1.807, 2.05) is 0 Å². The molecule has 0 saturated carbocycles. The molecule has 78 valence electrons. The Morgan fingerprint density at radius 3 is 2.79 bits per heavy atom. The molecule has 2 atom stereocenters.